The van der Waals surface area contributed by atoms with Crippen LogP contribution in [-0.4, -0.2) is 17.6 Å². The predicted molar refractivity (Wildman–Crippen MR) is 101 cm³/mol. The maximum absolute atomic E-state index is 5.36. The van der Waals surface area contributed by atoms with Crippen molar-refractivity contribution in [3.05, 3.63) is 58.1 Å². The van der Waals surface area contributed by atoms with E-state index in [1.165, 1.54) is 0 Å². The second-order valence-electron chi connectivity index (χ2n) is 5.19. The van der Waals surface area contributed by atoms with Gasteiger partial charge in [-0.15, -0.1) is 0 Å². The molecule has 0 atom stereocenters. The van der Waals surface area contributed by atoms with E-state index in [1.807, 2.05) is 49.4 Å². The van der Waals surface area contributed by atoms with Crippen LogP contribution in [0, 0.1) is 0 Å². The van der Waals surface area contributed by atoms with Gasteiger partial charge in [0.2, 0.25) is 6.79 Å². The van der Waals surface area contributed by atoms with Gasteiger partial charge in [0, 0.05) is 11.0 Å². The predicted octanol–water partition coefficient (Wildman–Crippen LogP) is 3.57. The molecule has 0 spiro atoms. The summed E-state index contributed by atoms with van der Waals surface area (Å²) < 4.78 is 11.7. The van der Waals surface area contributed by atoms with Crippen molar-refractivity contribution in [1.82, 2.24) is 10.7 Å². The average molecular weight is 406 g/mol. The Morgan fingerprint density at radius 1 is 1.21 bits per heavy atom. The molecule has 3 rings (SSSR count). The van der Waals surface area contributed by atoms with Gasteiger partial charge >= 0.3 is 0 Å². The fourth-order valence-electron chi connectivity index (χ4n) is 2.19. The second kappa shape index (κ2) is 7.63. The smallest absolute Gasteiger partial charge is 0.231 e. The van der Waals surface area contributed by atoms with Crippen LogP contribution in [0.15, 0.2) is 52.0 Å². The lowest BCUT2D eigenvalue weighted by Crippen LogP contribution is -2.32. The monoisotopic (exact) mass is 405 g/mol. The van der Waals surface area contributed by atoms with Crippen LogP contribution in [0.3, 0.4) is 0 Å². The van der Waals surface area contributed by atoms with E-state index in [0.717, 1.165) is 32.8 Å². The van der Waals surface area contributed by atoms with E-state index in [1.54, 1.807) is 0 Å². The first-order valence-electron chi connectivity index (χ1n) is 7.34. The van der Waals surface area contributed by atoms with E-state index >= 15 is 0 Å². The average Bonchev–Trinajstić information content (AvgIpc) is 3.05. The third-order valence-corrected chi connectivity index (χ3v) is 4.19. The summed E-state index contributed by atoms with van der Waals surface area (Å²) in [6.07, 6.45) is 0. The van der Waals surface area contributed by atoms with Gasteiger partial charge in [-0.3, -0.25) is 5.43 Å². The molecule has 2 N–H and O–H groups in total. The molecule has 1 aliphatic heterocycles. The quantitative estimate of drug-likeness (QED) is 0.462. The van der Waals surface area contributed by atoms with Crippen molar-refractivity contribution in [2.45, 2.75) is 13.5 Å². The number of fused-ring (bicyclic) bond motifs is 1. The van der Waals surface area contributed by atoms with E-state index in [4.69, 9.17) is 21.7 Å². The fraction of sp³-hybridized carbons (Fsp3) is 0.176. The van der Waals surface area contributed by atoms with Gasteiger partial charge in [-0.25, -0.2) is 0 Å². The minimum Gasteiger partial charge on any atom is -0.454 e. The molecule has 1 heterocycles. The number of hydrogen-bond donors (Lipinski definition) is 2. The molecule has 5 nitrogen and oxygen atoms in total. The highest BCUT2D eigenvalue weighted by Crippen LogP contribution is 2.32. The summed E-state index contributed by atoms with van der Waals surface area (Å²) in [7, 11) is 0. The molecule has 2 aromatic rings. The third-order valence-electron chi connectivity index (χ3n) is 3.46. The molecule has 0 aliphatic carbocycles. The lowest BCUT2D eigenvalue weighted by atomic mass is 10.1. The number of rotatable bonds is 4. The highest BCUT2D eigenvalue weighted by molar-refractivity contribution is 9.10. The van der Waals surface area contributed by atoms with Crippen LogP contribution in [0.25, 0.3) is 0 Å². The molecule has 0 saturated carbocycles. The number of benzene rings is 2. The van der Waals surface area contributed by atoms with Gasteiger partial charge < -0.3 is 14.8 Å². The van der Waals surface area contributed by atoms with Crippen LogP contribution in [0.4, 0.5) is 0 Å². The molecule has 1 aliphatic rings. The molecule has 2 aromatic carbocycles. The van der Waals surface area contributed by atoms with Crippen molar-refractivity contribution in [2.24, 2.45) is 5.10 Å². The number of hydrazone groups is 1. The van der Waals surface area contributed by atoms with E-state index in [0.29, 0.717) is 11.7 Å². The first-order chi connectivity index (χ1) is 11.6. The van der Waals surface area contributed by atoms with Crippen molar-refractivity contribution < 1.29 is 9.47 Å². The van der Waals surface area contributed by atoms with Crippen LogP contribution in [-0.2, 0) is 6.54 Å². The number of nitrogens with zero attached hydrogens (tertiary/aromatic N) is 1. The molecule has 0 bridgehead atoms. The highest BCUT2D eigenvalue weighted by atomic mass is 79.9. The minimum atomic E-state index is 0.274. The second-order valence-corrected chi connectivity index (χ2v) is 6.51. The molecule has 124 valence electrons. The van der Waals surface area contributed by atoms with Crippen LogP contribution >= 0.6 is 28.1 Å². The van der Waals surface area contributed by atoms with E-state index < -0.39 is 0 Å². The standard InChI is InChI=1S/C17H16BrN3O2S/c1-11(13-3-2-4-14(18)8-13)20-21-17(24)19-9-12-5-6-15-16(7-12)23-10-22-15/h2-8H,9-10H2,1H3,(H2,19,21,24)/b20-11-. The molecule has 0 fully saturated rings. The molecular formula is C17H16BrN3O2S. The Morgan fingerprint density at radius 3 is 2.88 bits per heavy atom. The Bertz CT molecular complexity index is 795. The van der Waals surface area contributed by atoms with Gasteiger partial charge in [0.1, 0.15) is 0 Å². The third kappa shape index (κ3) is 4.24. The summed E-state index contributed by atoms with van der Waals surface area (Å²) in [4.78, 5) is 0. The summed E-state index contributed by atoms with van der Waals surface area (Å²) in [6, 6.07) is 13.7. The van der Waals surface area contributed by atoms with E-state index in [9.17, 15) is 0 Å². The topological polar surface area (TPSA) is 54.9 Å². The Balaban J connectivity index is 1.53. The van der Waals surface area contributed by atoms with Gasteiger partial charge in [0.25, 0.3) is 0 Å². The fourth-order valence-corrected chi connectivity index (χ4v) is 2.70. The SMILES string of the molecule is C/C(=N/NC(=S)NCc1ccc2c(c1)OCO2)c1cccc(Br)c1. The molecule has 0 unspecified atom stereocenters. The molecule has 0 aromatic heterocycles. The summed E-state index contributed by atoms with van der Waals surface area (Å²) in [6.45, 7) is 2.78. The molecular weight excluding hydrogens is 390 g/mol. The largest absolute Gasteiger partial charge is 0.454 e. The summed E-state index contributed by atoms with van der Waals surface area (Å²) in [5, 5.41) is 7.88. The van der Waals surface area contributed by atoms with Gasteiger partial charge in [-0.05, 0) is 54.5 Å². The van der Waals surface area contributed by atoms with Gasteiger partial charge in [0.05, 0.1) is 5.71 Å². The van der Waals surface area contributed by atoms with Crippen molar-refractivity contribution in [3.63, 3.8) is 0 Å². The summed E-state index contributed by atoms with van der Waals surface area (Å²) >= 11 is 8.70. The van der Waals surface area contributed by atoms with Crippen LogP contribution < -0.4 is 20.2 Å². The Hall–Kier alpha value is -2.12. The molecule has 0 amide bonds. The van der Waals surface area contributed by atoms with Gasteiger partial charge in [0.15, 0.2) is 16.6 Å². The number of ether oxygens (including phenoxy) is 2. The first-order valence-corrected chi connectivity index (χ1v) is 8.54. The summed E-state index contributed by atoms with van der Waals surface area (Å²) in [5.41, 5.74) is 5.79. The molecule has 7 heteroatoms. The minimum absolute atomic E-state index is 0.274. The van der Waals surface area contributed by atoms with Gasteiger partial charge in [-0.2, -0.15) is 5.10 Å². The van der Waals surface area contributed by atoms with Gasteiger partial charge in [-0.1, -0.05) is 34.1 Å². The normalized spacial score (nSPS) is 12.8. The zero-order chi connectivity index (χ0) is 16.9. The van der Waals surface area contributed by atoms with Crippen LogP contribution in [0.1, 0.15) is 18.1 Å². The Morgan fingerprint density at radius 2 is 2.04 bits per heavy atom. The number of thiocarbonyl (C=S) groups is 1. The Labute approximate surface area is 154 Å². The van der Waals surface area contributed by atoms with E-state index in [2.05, 4.69) is 31.8 Å². The number of hydrogen-bond acceptors (Lipinski definition) is 4. The molecule has 0 saturated heterocycles. The molecule has 24 heavy (non-hydrogen) atoms. The first kappa shape index (κ1) is 16.7. The van der Waals surface area contributed by atoms with Crippen LogP contribution in [0.5, 0.6) is 11.5 Å². The van der Waals surface area contributed by atoms with Crippen molar-refractivity contribution >= 4 is 39.0 Å². The maximum Gasteiger partial charge on any atom is 0.231 e. The van der Waals surface area contributed by atoms with Crippen LogP contribution in [0.2, 0.25) is 0 Å². The number of halogens is 1. The number of nitrogens with one attached hydrogen (secondary N) is 2. The van der Waals surface area contributed by atoms with Crippen molar-refractivity contribution in [2.75, 3.05) is 6.79 Å². The van der Waals surface area contributed by atoms with Crippen molar-refractivity contribution in [3.8, 4) is 11.5 Å². The lowest BCUT2D eigenvalue weighted by Gasteiger charge is -2.09. The lowest BCUT2D eigenvalue weighted by molar-refractivity contribution is 0.174. The zero-order valence-electron chi connectivity index (χ0n) is 13.0. The molecule has 0 radical (unpaired) electrons. The maximum atomic E-state index is 5.36. The highest BCUT2D eigenvalue weighted by Gasteiger charge is 2.13. The summed E-state index contributed by atoms with van der Waals surface area (Å²) in [5.74, 6) is 1.53. The zero-order valence-corrected chi connectivity index (χ0v) is 15.4. The van der Waals surface area contributed by atoms with E-state index in [-0.39, 0.29) is 6.79 Å². The van der Waals surface area contributed by atoms with Crippen molar-refractivity contribution in [1.29, 1.82) is 0 Å². The Kier molecular flexibility index (Phi) is 5.32.